The predicted molar refractivity (Wildman–Crippen MR) is 48.1 cm³/mol. The zero-order valence-electron chi connectivity index (χ0n) is 6.03. The first-order chi connectivity index (χ1) is 6.00. The van der Waals surface area contributed by atoms with Crippen LogP contribution in [0.5, 0.6) is 5.75 Å². The Hall–Kier alpha value is -0.250. The second-order valence-corrected chi connectivity index (χ2v) is 3.33. The average Bonchev–Trinajstić information content (AvgIpc) is 1.96. The fourth-order valence-electron chi connectivity index (χ4n) is 0.731. The third kappa shape index (κ3) is 2.86. The van der Waals surface area contributed by atoms with E-state index in [1.165, 1.54) is 12.1 Å². The second-order valence-electron chi connectivity index (χ2n) is 2.08. The van der Waals surface area contributed by atoms with E-state index in [2.05, 4.69) is 4.74 Å². The molecule has 0 amide bonds. The van der Waals surface area contributed by atoms with E-state index in [9.17, 15) is 8.78 Å². The Morgan fingerprint density at radius 2 is 1.54 bits per heavy atom. The maximum absolute atomic E-state index is 11.8. The highest BCUT2D eigenvalue weighted by Gasteiger charge is 2.13. The molecule has 1 nitrogen and oxygen atoms in total. The summed E-state index contributed by atoms with van der Waals surface area (Å²) < 4.78 is 27.7. The molecule has 72 valence electrons. The Balaban J connectivity index is 3.06. The van der Waals surface area contributed by atoms with Gasteiger partial charge in [-0.1, -0.05) is 34.8 Å². The molecule has 0 saturated heterocycles. The van der Waals surface area contributed by atoms with Gasteiger partial charge in [0.15, 0.2) is 5.75 Å². The smallest absolute Gasteiger partial charge is 0.387 e. The molecular weight excluding hydrogens is 244 g/mol. The van der Waals surface area contributed by atoms with E-state index < -0.39 is 6.61 Å². The molecule has 0 aliphatic heterocycles. The van der Waals surface area contributed by atoms with Crippen molar-refractivity contribution in [3.8, 4) is 5.75 Å². The molecule has 0 saturated carbocycles. The molecule has 0 radical (unpaired) electrons. The van der Waals surface area contributed by atoms with Gasteiger partial charge in [0.05, 0.1) is 10.0 Å². The highest BCUT2D eigenvalue weighted by Crippen LogP contribution is 2.36. The number of hydrogen-bond acceptors (Lipinski definition) is 1. The van der Waals surface area contributed by atoms with Crippen molar-refractivity contribution in [2.24, 2.45) is 0 Å². The Kier molecular flexibility index (Phi) is 3.59. The van der Waals surface area contributed by atoms with Gasteiger partial charge in [0.1, 0.15) is 0 Å². The second kappa shape index (κ2) is 4.31. The van der Waals surface area contributed by atoms with Gasteiger partial charge in [-0.2, -0.15) is 8.78 Å². The van der Waals surface area contributed by atoms with E-state index in [4.69, 9.17) is 34.8 Å². The quantitative estimate of drug-likeness (QED) is 0.759. The maximum atomic E-state index is 11.8. The van der Waals surface area contributed by atoms with Crippen LogP contribution in [0.2, 0.25) is 15.1 Å². The van der Waals surface area contributed by atoms with Crippen molar-refractivity contribution in [2.75, 3.05) is 0 Å². The zero-order chi connectivity index (χ0) is 10.0. The van der Waals surface area contributed by atoms with Crippen molar-refractivity contribution in [3.05, 3.63) is 27.2 Å². The molecule has 0 atom stereocenters. The first-order valence-electron chi connectivity index (χ1n) is 3.10. The van der Waals surface area contributed by atoms with Crippen LogP contribution in [0.15, 0.2) is 12.1 Å². The fraction of sp³-hybridized carbons (Fsp3) is 0.143. The van der Waals surface area contributed by atoms with Crippen molar-refractivity contribution in [1.29, 1.82) is 0 Å². The van der Waals surface area contributed by atoms with Gasteiger partial charge in [0.25, 0.3) is 0 Å². The van der Waals surface area contributed by atoms with Gasteiger partial charge in [0.2, 0.25) is 0 Å². The molecule has 0 N–H and O–H groups in total. The lowest BCUT2D eigenvalue weighted by molar-refractivity contribution is -0.0497. The molecule has 1 rings (SSSR count). The molecule has 0 aliphatic rings. The van der Waals surface area contributed by atoms with E-state index in [1.54, 1.807) is 0 Å². The van der Waals surface area contributed by atoms with Crippen LogP contribution in [-0.2, 0) is 0 Å². The highest BCUT2D eigenvalue weighted by atomic mass is 35.5. The van der Waals surface area contributed by atoms with Crippen LogP contribution in [0.25, 0.3) is 0 Å². The lowest BCUT2D eigenvalue weighted by Crippen LogP contribution is -2.02. The van der Waals surface area contributed by atoms with Crippen LogP contribution >= 0.6 is 34.8 Å². The number of hydrogen-bond donors (Lipinski definition) is 0. The minimum Gasteiger partial charge on any atom is -0.432 e. The number of benzene rings is 1. The van der Waals surface area contributed by atoms with Gasteiger partial charge in [-0.25, -0.2) is 0 Å². The zero-order valence-corrected chi connectivity index (χ0v) is 8.30. The van der Waals surface area contributed by atoms with Crippen LogP contribution in [-0.4, -0.2) is 6.61 Å². The first-order valence-corrected chi connectivity index (χ1v) is 4.23. The summed E-state index contributed by atoms with van der Waals surface area (Å²) in [6.07, 6.45) is 0. The van der Waals surface area contributed by atoms with Gasteiger partial charge < -0.3 is 4.74 Å². The van der Waals surface area contributed by atoms with E-state index in [0.29, 0.717) is 0 Å². The molecule has 6 heteroatoms. The van der Waals surface area contributed by atoms with Crippen molar-refractivity contribution >= 4 is 34.8 Å². The van der Waals surface area contributed by atoms with E-state index in [1.807, 2.05) is 0 Å². The SMILES string of the molecule is FC(F)Oc1c(Cl)cc(Cl)cc1Cl. The van der Waals surface area contributed by atoms with Crippen LogP contribution < -0.4 is 4.74 Å². The minimum absolute atomic E-state index is 0.0437. The molecule has 0 unspecified atom stereocenters. The van der Waals surface area contributed by atoms with Crippen LogP contribution in [0.1, 0.15) is 0 Å². The molecule has 1 aromatic rings. The number of rotatable bonds is 2. The molecular formula is C7H3Cl3F2O. The topological polar surface area (TPSA) is 9.23 Å². The summed E-state index contributed by atoms with van der Waals surface area (Å²) in [7, 11) is 0. The van der Waals surface area contributed by atoms with E-state index in [0.717, 1.165) is 0 Å². The average molecular weight is 247 g/mol. The summed E-state index contributed by atoms with van der Waals surface area (Å²) in [4.78, 5) is 0. The van der Waals surface area contributed by atoms with Gasteiger partial charge in [-0.05, 0) is 12.1 Å². The van der Waals surface area contributed by atoms with Crippen LogP contribution in [0.4, 0.5) is 8.78 Å². The Labute approximate surface area is 88.2 Å². The summed E-state index contributed by atoms with van der Waals surface area (Å²) in [5, 5.41) is 0.173. The van der Waals surface area contributed by atoms with Crippen LogP contribution in [0.3, 0.4) is 0 Å². The summed E-state index contributed by atoms with van der Waals surface area (Å²) >= 11 is 16.7. The summed E-state index contributed by atoms with van der Waals surface area (Å²) in [6.45, 7) is -2.96. The fourth-order valence-corrected chi connectivity index (χ4v) is 1.64. The molecule has 0 heterocycles. The number of halogens is 5. The first kappa shape index (κ1) is 10.8. The van der Waals surface area contributed by atoms with Crippen molar-refractivity contribution in [3.63, 3.8) is 0 Å². The number of ether oxygens (including phenoxy) is 1. The minimum atomic E-state index is -2.96. The Morgan fingerprint density at radius 3 is 1.92 bits per heavy atom. The predicted octanol–water partition coefficient (Wildman–Crippen LogP) is 4.25. The van der Waals surface area contributed by atoms with Crippen LogP contribution in [0, 0.1) is 0 Å². The summed E-state index contributed by atoms with van der Waals surface area (Å²) in [6, 6.07) is 2.54. The molecule has 1 aromatic carbocycles. The standard InChI is InChI=1S/C7H3Cl3F2O/c8-3-1-4(9)6(5(10)2-3)13-7(11)12/h1-2,7H. The van der Waals surface area contributed by atoms with Gasteiger partial charge in [-0.15, -0.1) is 0 Å². The molecule has 0 fully saturated rings. The van der Waals surface area contributed by atoms with E-state index >= 15 is 0 Å². The van der Waals surface area contributed by atoms with Crippen molar-refractivity contribution in [2.45, 2.75) is 6.61 Å². The molecule has 0 aliphatic carbocycles. The summed E-state index contributed by atoms with van der Waals surface area (Å²) in [5.41, 5.74) is 0. The monoisotopic (exact) mass is 246 g/mol. The molecule has 13 heavy (non-hydrogen) atoms. The lowest BCUT2D eigenvalue weighted by Gasteiger charge is -2.08. The molecule has 0 spiro atoms. The normalized spacial score (nSPS) is 10.6. The number of alkyl halides is 2. The lowest BCUT2D eigenvalue weighted by atomic mass is 10.3. The van der Waals surface area contributed by atoms with E-state index in [-0.39, 0.29) is 20.8 Å². The Bertz CT molecular complexity index is 294. The summed E-state index contributed by atoms with van der Waals surface area (Å²) in [5.74, 6) is -0.261. The molecule has 0 bridgehead atoms. The van der Waals surface area contributed by atoms with Gasteiger partial charge in [0, 0.05) is 5.02 Å². The Morgan fingerprint density at radius 1 is 1.08 bits per heavy atom. The van der Waals surface area contributed by atoms with Crippen molar-refractivity contribution < 1.29 is 13.5 Å². The van der Waals surface area contributed by atoms with Gasteiger partial charge in [-0.3, -0.25) is 0 Å². The largest absolute Gasteiger partial charge is 0.432 e. The van der Waals surface area contributed by atoms with Crippen molar-refractivity contribution in [1.82, 2.24) is 0 Å². The van der Waals surface area contributed by atoms with Gasteiger partial charge >= 0.3 is 6.61 Å². The maximum Gasteiger partial charge on any atom is 0.387 e. The third-order valence-electron chi connectivity index (χ3n) is 1.17. The third-order valence-corrected chi connectivity index (χ3v) is 1.95. The molecule has 0 aromatic heterocycles. The highest BCUT2D eigenvalue weighted by molar-refractivity contribution is 6.40.